The van der Waals surface area contributed by atoms with Crippen LogP contribution < -0.4 is 16.4 Å². The van der Waals surface area contributed by atoms with Gasteiger partial charge in [0.25, 0.3) is 5.91 Å². The summed E-state index contributed by atoms with van der Waals surface area (Å²) in [5.74, 6) is -0.108. The van der Waals surface area contributed by atoms with Crippen molar-refractivity contribution in [2.45, 2.75) is 31.8 Å². The minimum absolute atomic E-state index is 0.108. The Bertz CT molecular complexity index is 456. The molecule has 1 saturated heterocycles. The molecular formula is C15H23N3O2. The van der Waals surface area contributed by atoms with Crippen LogP contribution in [-0.4, -0.2) is 32.2 Å². The number of ether oxygens (including phenoxy) is 1. The van der Waals surface area contributed by atoms with E-state index in [1.807, 2.05) is 0 Å². The van der Waals surface area contributed by atoms with Crippen LogP contribution in [0.3, 0.4) is 0 Å². The van der Waals surface area contributed by atoms with Gasteiger partial charge in [0.2, 0.25) is 0 Å². The van der Waals surface area contributed by atoms with Gasteiger partial charge in [-0.15, -0.1) is 0 Å². The maximum Gasteiger partial charge on any atom is 0.251 e. The minimum atomic E-state index is -0.108. The fraction of sp³-hybridized carbons (Fsp3) is 0.533. The Morgan fingerprint density at radius 1 is 1.45 bits per heavy atom. The second-order valence-corrected chi connectivity index (χ2v) is 5.09. The van der Waals surface area contributed by atoms with E-state index in [0.29, 0.717) is 17.4 Å². The highest BCUT2D eigenvalue weighted by Crippen LogP contribution is 2.21. The van der Waals surface area contributed by atoms with E-state index >= 15 is 0 Å². The molecule has 5 nitrogen and oxygen atoms in total. The number of nitrogen functional groups attached to an aromatic ring is 1. The van der Waals surface area contributed by atoms with Crippen LogP contribution in [0.4, 0.5) is 11.4 Å². The summed E-state index contributed by atoms with van der Waals surface area (Å²) in [6.45, 7) is 1.67. The summed E-state index contributed by atoms with van der Waals surface area (Å²) in [6, 6.07) is 5.27. The van der Waals surface area contributed by atoms with Crippen molar-refractivity contribution in [3.05, 3.63) is 23.8 Å². The molecule has 20 heavy (non-hydrogen) atoms. The molecule has 0 aliphatic carbocycles. The molecule has 0 bridgehead atoms. The van der Waals surface area contributed by atoms with Gasteiger partial charge in [-0.1, -0.05) is 0 Å². The van der Waals surface area contributed by atoms with Gasteiger partial charge in [-0.2, -0.15) is 0 Å². The van der Waals surface area contributed by atoms with Gasteiger partial charge in [-0.3, -0.25) is 4.79 Å². The summed E-state index contributed by atoms with van der Waals surface area (Å²) < 4.78 is 5.69. The number of nitrogens with two attached hydrogens (primary N) is 1. The van der Waals surface area contributed by atoms with Crippen molar-refractivity contribution in [1.29, 1.82) is 0 Å². The van der Waals surface area contributed by atoms with Crippen LogP contribution in [0.15, 0.2) is 18.2 Å². The summed E-state index contributed by atoms with van der Waals surface area (Å²) in [5, 5.41) is 5.90. The van der Waals surface area contributed by atoms with Crippen molar-refractivity contribution < 1.29 is 9.53 Å². The SMILES string of the molecule is CNC(=O)c1ccc(N)c(NCCC2CCCCO2)c1. The van der Waals surface area contributed by atoms with Crippen molar-refractivity contribution >= 4 is 17.3 Å². The zero-order valence-corrected chi connectivity index (χ0v) is 11.9. The van der Waals surface area contributed by atoms with Crippen LogP contribution in [0, 0.1) is 0 Å². The molecule has 1 heterocycles. The normalized spacial score (nSPS) is 18.6. The fourth-order valence-corrected chi connectivity index (χ4v) is 2.40. The molecular weight excluding hydrogens is 254 g/mol. The predicted molar refractivity (Wildman–Crippen MR) is 80.9 cm³/mol. The third kappa shape index (κ3) is 3.87. The maximum absolute atomic E-state index is 11.6. The Balaban J connectivity index is 1.89. The number of benzene rings is 1. The molecule has 1 fully saturated rings. The average Bonchev–Trinajstić information content (AvgIpc) is 2.49. The molecule has 0 aromatic heterocycles. The van der Waals surface area contributed by atoms with Gasteiger partial charge in [0.05, 0.1) is 17.5 Å². The van der Waals surface area contributed by atoms with Crippen LogP contribution in [0.5, 0.6) is 0 Å². The lowest BCUT2D eigenvalue weighted by molar-refractivity contribution is 0.0134. The van der Waals surface area contributed by atoms with E-state index in [4.69, 9.17) is 10.5 Å². The lowest BCUT2D eigenvalue weighted by Crippen LogP contribution is -2.22. The van der Waals surface area contributed by atoms with E-state index in [2.05, 4.69) is 10.6 Å². The summed E-state index contributed by atoms with van der Waals surface area (Å²) >= 11 is 0. The van der Waals surface area contributed by atoms with E-state index in [-0.39, 0.29) is 5.91 Å². The molecule has 1 atom stereocenters. The molecule has 1 unspecified atom stereocenters. The second kappa shape index (κ2) is 7.14. The van der Waals surface area contributed by atoms with Crippen molar-refractivity contribution in [1.82, 2.24) is 5.32 Å². The molecule has 4 N–H and O–H groups in total. The number of rotatable bonds is 5. The van der Waals surface area contributed by atoms with Crippen molar-refractivity contribution in [3.8, 4) is 0 Å². The highest BCUT2D eigenvalue weighted by Gasteiger charge is 2.13. The zero-order valence-electron chi connectivity index (χ0n) is 11.9. The first-order valence-corrected chi connectivity index (χ1v) is 7.18. The van der Waals surface area contributed by atoms with Gasteiger partial charge in [-0.25, -0.2) is 0 Å². The first-order chi connectivity index (χ1) is 9.70. The van der Waals surface area contributed by atoms with Crippen molar-refractivity contribution in [3.63, 3.8) is 0 Å². The molecule has 110 valence electrons. The number of hydrogen-bond acceptors (Lipinski definition) is 4. The lowest BCUT2D eigenvalue weighted by atomic mass is 10.1. The van der Waals surface area contributed by atoms with Gasteiger partial charge < -0.3 is 21.1 Å². The molecule has 1 aliphatic heterocycles. The minimum Gasteiger partial charge on any atom is -0.397 e. The van der Waals surface area contributed by atoms with E-state index in [0.717, 1.165) is 31.7 Å². The number of carbonyl (C=O) groups is 1. The third-order valence-electron chi connectivity index (χ3n) is 3.60. The van der Waals surface area contributed by atoms with E-state index in [1.54, 1.807) is 25.2 Å². The lowest BCUT2D eigenvalue weighted by Gasteiger charge is -2.23. The molecule has 0 spiro atoms. The molecule has 0 saturated carbocycles. The summed E-state index contributed by atoms with van der Waals surface area (Å²) in [6.07, 6.45) is 4.86. The highest BCUT2D eigenvalue weighted by molar-refractivity contribution is 5.96. The first-order valence-electron chi connectivity index (χ1n) is 7.18. The predicted octanol–water partition coefficient (Wildman–Crippen LogP) is 2.00. The highest BCUT2D eigenvalue weighted by atomic mass is 16.5. The van der Waals surface area contributed by atoms with Crippen molar-refractivity contribution in [2.24, 2.45) is 0 Å². The largest absolute Gasteiger partial charge is 0.397 e. The quantitative estimate of drug-likeness (QED) is 0.719. The molecule has 1 aliphatic rings. The molecule has 1 amide bonds. The van der Waals surface area contributed by atoms with Crippen LogP contribution in [0.1, 0.15) is 36.0 Å². The molecule has 1 aromatic rings. The smallest absolute Gasteiger partial charge is 0.251 e. The van der Waals surface area contributed by atoms with Crippen molar-refractivity contribution in [2.75, 3.05) is 31.2 Å². The zero-order chi connectivity index (χ0) is 14.4. The standard InChI is InChI=1S/C15H23N3O2/c1-17-15(19)11-5-6-13(16)14(10-11)18-8-7-12-4-2-3-9-20-12/h5-6,10,12,18H,2-4,7-9,16H2,1H3,(H,17,19). The van der Waals surface area contributed by atoms with Gasteiger partial charge in [0.1, 0.15) is 0 Å². The average molecular weight is 277 g/mol. The van der Waals surface area contributed by atoms with Crippen LogP contribution >= 0.6 is 0 Å². The Morgan fingerprint density at radius 2 is 2.30 bits per heavy atom. The number of nitrogens with one attached hydrogen (secondary N) is 2. The summed E-state index contributed by atoms with van der Waals surface area (Å²) in [4.78, 5) is 11.6. The number of anilines is 2. The number of hydrogen-bond donors (Lipinski definition) is 3. The Kier molecular flexibility index (Phi) is 5.24. The summed E-state index contributed by atoms with van der Waals surface area (Å²) in [5.41, 5.74) is 8.00. The molecule has 0 radical (unpaired) electrons. The Labute approximate surface area is 119 Å². The van der Waals surface area contributed by atoms with E-state index in [9.17, 15) is 4.79 Å². The number of carbonyl (C=O) groups excluding carboxylic acids is 1. The maximum atomic E-state index is 11.6. The molecule has 2 rings (SSSR count). The summed E-state index contributed by atoms with van der Waals surface area (Å²) in [7, 11) is 1.62. The molecule has 5 heteroatoms. The van der Waals surface area contributed by atoms with Crippen LogP contribution in [-0.2, 0) is 4.74 Å². The van der Waals surface area contributed by atoms with Crippen LogP contribution in [0.2, 0.25) is 0 Å². The Morgan fingerprint density at radius 3 is 3.00 bits per heavy atom. The second-order valence-electron chi connectivity index (χ2n) is 5.09. The number of amides is 1. The fourth-order valence-electron chi connectivity index (χ4n) is 2.40. The van der Waals surface area contributed by atoms with Gasteiger partial charge in [0, 0.05) is 25.8 Å². The van der Waals surface area contributed by atoms with Gasteiger partial charge in [0.15, 0.2) is 0 Å². The topological polar surface area (TPSA) is 76.4 Å². The van der Waals surface area contributed by atoms with Gasteiger partial charge in [-0.05, 0) is 43.9 Å². The van der Waals surface area contributed by atoms with E-state index in [1.165, 1.54) is 12.8 Å². The third-order valence-corrected chi connectivity index (χ3v) is 3.60. The first kappa shape index (κ1) is 14.7. The van der Waals surface area contributed by atoms with Crippen LogP contribution in [0.25, 0.3) is 0 Å². The monoisotopic (exact) mass is 277 g/mol. The van der Waals surface area contributed by atoms with E-state index < -0.39 is 0 Å². The molecule has 1 aromatic carbocycles. The Hall–Kier alpha value is -1.75. The van der Waals surface area contributed by atoms with Gasteiger partial charge >= 0.3 is 0 Å².